The summed E-state index contributed by atoms with van der Waals surface area (Å²) >= 11 is 1.48. The Morgan fingerprint density at radius 3 is 2.73 bits per heavy atom. The van der Waals surface area contributed by atoms with Crippen molar-refractivity contribution in [1.82, 2.24) is 19.7 Å². The predicted molar refractivity (Wildman–Crippen MR) is 114 cm³/mol. The fourth-order valence-corrected chi connectivity index (χ4v) is 4.89. The van der Waals surface area contributed by atoms with Gasteiger partial charge in [0.2, 0.25) is 11.9 Å². The molecule has 1 amide bonds. The van der Waals surface area contributed by atoms with Crippen LogP contribution in [0.1, 0.15) is 31.7 Å². The average Bonchev–Trinajstić information content (AvgIpc) is 3.28. The minimum absolute atomic E-state index is 0.0514. The fourth-order valence-electron chi connectivity index (χ4n) is 3.95. The number of anilines is 1. The van der Waals surface area contributed by atoms with Gasteiger partial charge >= 0.3 is 0 Å². The summed E-state index contributed by atoms with van der Waals surface area (Å²) in [6.07, 6.45) is 4.58. The van der Waals surface area contributed by atoms with E-state index in [4.69, 9.17) is 9.47 Å². The van der Waals surface area contributed by atoms with Gasteiger partial charge in [0.25, 0.3) is 0 Å². The summed E-state index contributed by atoms with van der Waals surface area (Å²) in [6, 6.07) is 8.11. The number of amides is 1. The number of para-hydroxylation sites is 2. The number of benzene rings is 1. The number of hydrogen-bond acceptors (Lipinski definition) is 7. The van der Waals surface area contributed by atoms with Crippen molar-refractivity contribution in [1.29, 1.82) is 0 Å². The normalized spacial score (nSPS) is 20.4. The van der Waals surface area contributed by atoms with Gasteiger partial charge in [0.1, 0.15) is 6.61 Å². The van der Waals surface area contributed by atoms with Gasteiger partial charge in [0.15, 0.2) is 22.8 Å². The molecule has 30 heavy (non-hydrogen) atoms. The summed E-state index contributed by atoms with van der Waals surface area (Å²) in [5, 5.41) is 9.72. The zero-order valence-electron chi connectivity index (χ0n) is 17.2. The third-order valence-electron chi connectivity index (χ3n) is 5.74. The number of likely N-dealkylation sites (N-methyl/N-ethyl adjacent to an activating group) is 1. The number of carbonyl (C=O) groups is 1. The Morgan fingerprint density at radius 1 is 1.20 bits per heavy atom. The number of ether oxygens (including phenoxy) is 2. The number of hydrogen-bond donors (Lipinski definition) is 0. The number of aromatic nitrogens is 3. The molecule has 1 aromatic carbocycles. The highest BCUT2D eigenvalue weighted by Gasteiger charge is 2.33. The van der Waals surface area contributed by atoms with Gasteiger partial charge in [0.05, 0.1) is 12.3 Å². The van der Waals surface area contributed by atoms with Crippen LogP contribution in [0.4, 0.5) is 5.95 Å². The van der Waals surface area contributed by atoms with Gasteiger partial charge in [-0.1, -0.05) is 23.9 Å². The van der Waals surface area contributed by atoms with Crippen LogP contribution in [-0.2, 0) is 4.79 Å². The Morgan fingerprint density at radius 2 is 1.97 bits per heavy atom. The van der Waals surface area contributed by atoms with Crippen LogP contribution in [0, 0.1) is 0 Å². The van der Waals surface area contributed by atoms with Crippen LogP contribution < -0.4 is 14.4 Å². The maximum absolute atomic E-state index is 12.7. The zero-order chi connectivity index (χ0) is 20.5. The van der Waals surface area contributed by atoms with Crippen LogP contribution in [0.15, 0.2) is 29.4 Å². The average molecular weight is 430 g/mol. The van der Waals surface area contributed by atoms with E-state index in [9.17, 15) is 4.79 Å². The Hall–Kier alpha value is -2.42. The van der Waals surface area contributed by atoms with E-state index in [1.165, 1.54) is 37.4 Å². The lowest BCUT2D eigenvalue weighted by Gasteiger charge is -2.29. The molecule has 0 bridgehead atoms. The molecule has 1 aromatic heterocycles. The lowest BCUT2D eigenvalue weighted by atomic mass is 10.2. The first kappa shape index (κ1) is 19.5. The van der Waals surface area contributed by atoms with Gasteiger partial charge in [-0.2, -0.15) is 0 Å². The maximum atomic E-state index is 12.7. The van der Waals surface area contributed by atoms with Crippen LogP contribution in [-0.4, -0.2) is 70.7 Å². The number of fused-ring (bicyclic) bond motifs is 1. The Balaban J connectivity index is 1.17. The maximum Gasteiger partial charge on any atom is 0.232 e. The Bertz CT molecular complexity index is 910. The highest BCUT2D eigenvalue weighted by Crippen LogP contribution is 2.41. The van der Waals surface area contributed by atoms with Crippen molar-refractivity contribution in [3.63, 3.8) is 0 Å². The quantitative estimate of drug-likeness (QED) is 0.627. The fraction of sp³-hybridized carbons (Fsp3) is 0.571. The van der Waals surface area contributed by atoms with Crippen LogP contribution >= 0.6 is 11.8 Å². The molecule has 0 radical (unpaired) electrons. The molecule has 9 heteroatoms. The van der Waals surface area contributed by atoms with Crippen LogP contribution in [0.2, 0.25) is 0 Å². The van der Waals surface area contributed by atoms with E-state index >= 15 is 0 Å². The Kier molecular flexibility index (Phi) is 5.45. The standard InChI is InChI=1S/C21H27N5O3S/c1-24(12-16-13-28-17-6-2-3-7-18(17)29-16)19(27)14-30-21-23-22-20(25-10-4-5-11-25)26(21)15-8-9-15/h2-3,6-7,15-16H,4-5,8-14H2,1H3/t16-/m1/s1. The molecule has 1 atom stereocenters. The van der Waals surface area contributed by atoms with Crippen molar-refractivity contribution < 1.29 is 14.3 Å². The molecule has 1 saturated carbocycles. The largest absolute Gasteiger partial charge is 0.486 e. The highest BCUT2D eigenvalue weighted by molar-refractivity contribution is 7.99. The minimum Gasteiger partial charge on any atom is -0.486 e. The molecule has 3 aliphatic rings. The van der Waals surface area contributed by atoms with Crippen LogP contribution in [0.3, 0.4) is 0 Å². The summed E-state index contributed by atoms with van der Waals surface area (Å²) in [5.41, 5.74) is 0. The van der Waals surface area contributed by atoms with Crippen LogP contribution in [0.5, 0.6) is 11.5 Å². The highest BCUT2D eigenvalue weighted by atomic mass is 32.2. The first-order valence-corrected chi connectivity index (χ1v) is 11.6. The van der Waals surface area contributed by atoms with Gasteiger partial charge in [-0.3, -0.25) is 9.36 Å². The van der Waals surface area contributed by atoms with E-state index in [-0.39, 0.29) is 12.0 Å². The SMILES string of the molecule is CN(C[C@@H]1COc2ccccc2O1)C(=O)CSc1nnc(N2CCCC2)n1C1CC1. The predicted octanol–water partition coefficient (Wildman–Crippen LogP) is 2.60. The molecule has 2 fully saturated rings. The molecule has 0 spiro atoms. The molecule has 1 aliphatic carbocycles. The van der Waals surface area contributed by atoms with Gasteiger partial charge in [-0.05, 0) is 37.8 Å². The van der Waals surface area contributed by atoms with Crippen LogP contribution in [0.25, 0.3) is 0 Å². The zero-order valence-corrected chi connectivity index (χ0v) is 18.0. The topological polar surface area (TPSA) is 72.7 Å². The summed E-state index contributed by atoms with van der Waals surface area (Å²) in [6.45, 7) is 3.02. The summed E-state index contributed by atoms with van der Waals surface area (Å²) in [5.74, 6) is 2.86. The summed E-state index contributed by atoms with van der Waals surface area (Å²) in [4.78, 5) is 16.8. The second kappa shape index (κ2) is 8.37. The molecule has 5 rings (SSSR count). The lowest BCUT2D eigenvalue weighted by Crippen LogP contribution is -2.42. The van der Waals surface area contributed by atoms with E-state index in [0.717, 1.165) is 35.7 Å². The monoisotopic (exact) mass is 429 g/mol. The minimum atomic E-state index is -0.171. The lowest BCUT2D eigenvalue weighted by molar-refractivity contribution is -0.128. The van der Waals surface area contributed by atoms with Gasteiger partial charge < -0.3 is 19.3 Å². The van der Waals surface area contributed by atoms with E-state index in [1.807, 2.05) is 31.3 Å². The van der Waals surface area contributed by atoms with E-state index < -0.39 is 0 Å². The molecular formula is C21H27N5O3S. The van der Waals surface area contributed by atoms with E-state index in [1.54, 1.807) is 4.90 Å². The van der Waals surface area contributed by atoms with Gasteiger partial charge in [-0.25, -0.2) is 0 Å². The van der Waals surface area contributed by atoms with Crippen molar-refractivity contribution in [2.24, 2.45) is 0 Å². The van der Waals surface area contributed by atoms with Crippen molar-refractivity contribution in [2.45, 2.75) is 43.0 Å². The van der Waals surface area contributed by atoms with Crippen molar-refractivity contribution in [3.05, 3.63) is 24.3 Å². The molecule has 0 N–H and O–H groups in total. The molecule has 8 nitrogen and oxygen atoms in total. The van der Waals surface area contributed by atoms with Gasteiger partial charge in [0, 0.05) is 26.2 Å². The Labute approximate surface area is 180 Å². The summed E-state index contributed by atoms with van der Waals surface area (Å²) in [7, 11) is 1.81. The first-order valence-electron chi connectivity index (χ1n) is 10.6. The molecule has 0 unspecified atom stereocenters. The third-order valence-corrected chi connectivity index (χ3v) is 6.67. The van der Waals surface area contributed by atoms with Crippen molar-refractivity contribution in [3.8, 4) is 11.5 Å². The molecular weight excluding hydrogens is 402 g/mol. The molecule has 2 aliphatic heterocycles. The number of rotatable bonds is 7. The molecule has 3 heterocycles. The number of carbonyl (C=O) groups excluding carboxylic acids is 1. The van der Waals surface area contributed by atoms with E-state index in [2.05, 4.69) is 19.7 Å². The molecule has 1 saturated heterocycles. The van der Waals surface area contributed by atoms with E-state index in [0.29, 0.717) is 24.9 Å². The third kappa shape index (κ3) is 4.08. The number of nitrogens with zero attached hydrogens (tertiary/aromatic N) is 5. The van der Waals surface area contributed by atoms with Crippen molar-refractivity contribution in [2.75, 3.05) is 43.9 Å². The summed E-state index contributed by atoms with van der Waals surface area (Å²) < 4.78 is 14.0. The first-order chi connectivity index (χ1) is 14.7. The number of thioether (sulfide) groups is 1. The second-order valence-corrected chi connectivity index (χ2v) is 9.08. The smallest absolute Gasteiger partial charge is 0.232 e. The van der Waals surface area contributed by atoms with Gasteiger partial charge in [-0.15, -0.1) is 10.2 Å². The second-order valence-electron chi connectivity index (χ2n) is 8.14. The molecule has 2 aromatic rings. The molecule has 160 valence electrons. The van der Waals surface area contributed by atoms with Crippen molar-refractivity contribution >= 4 is 23.6 Å².